The number of rotatable bonds is 7. The summed E-state index contributed by atoms with van der Waals surface area (Å²) >= 11 is 0. The molecule has 0 spiro atoms. The summed E-state index contributed by atoms with van der Waals surface area (Å²) in [7, 11) is -3.76. The monoisotopic (exact) mass is 489 g/mol. The molecule has 1 amide bonds. The third-order valence-corrected chi connectivity index (χ3v) is 7.81. The molecule has 1 saturated heterocycles. The number of esters is 1. The molecule has 1 N–H and O–H groups in total. The molecule has 2 aromatic rings. The summed E-state index contributed by atoms with van der Waals surface area (Å²) in [4.78, 5) is 35.5. The highest BCUT2D eigenvalue weighted by molar-refractivity contribution is 7.89. The van der Waals surface area contributed by atoms with Gasteiger partial charge in [0.1, 0.15) is 5.69 Å². The average Bonchev–Trinajstić information content (AvgIpc) is 2.80. The van der Waals surface area contributed by atoms with Crippen molar-refractivity contribution in [2.24, 2.45) is 0 Å². The van der Waals surface area contributed by atoms with Crippen LogP contribution in [0.5, 0.6) is 0 Å². The van der Waals surface area contributed by atoms with Crippen molar-refractivity contribution in [3.63, 3.8) is 0 Å². The molecule has 2 aromatic carbocycles. The van der Waals surface area contributed by atoms with Gasteiger partial charge in [-0.2, -0.15) is 4.31 Å². The smallest absolute Gasteiger partial charge is 0.338 e. The molecule has 0 radical (unpaired) electrons. The van der Waals surface area contributed by atoms with E-state index >= 15 is 0 Å². The van der Waals surface area contributed by atoms with Crippen LogP contribution in [0.1, 0.15) is 46.3 Å². The molecule has 0 saturated carbocycles. The molecule has 0 atom stereocenters. The molecule has 10 nitrogen and oxygen atoms in total. The van der Waals surface area contributed by atoms with Gasteiger partial charge in [-0.3, -0.25) is 14.9 Å². The second-order valence-electron chi connectivity index (χ2n) is 8.28. The zero-order valence-corrected chi connectivity index (χ0v) is 20.1. The Hall–Kier alpha value is -3.31. The van der Waals surface area contributed by atoms with Gasteiger partial charge in [0.25, 0.3) is 11.6 Å². The zero-order valence-electron chi connectivity index (χ0n) is 19.3. The number of ether oxygens (including phenoxy) is 1. The Balaban J connectivity index is 1.71. The summed E-state index contributed by atoms with van der Waals surface area (Å²) in [5.74, 6) is -1.63. The van der Waals surface area contributed by atoms with Crippen LogP contribution in [0.15, 0.2) is 35.2 Å². The molecular weight excluding hydrogens is 462 g/mol. The van der Waals surface area contributed by atoms with E-state index in [-0.39, 0.29) is 21.8 Å². The second-order valence-corrected chi connectivity index (χ2v) is 10.2. The molecule has 182 valence electrons. The number of sulfonamides is 1. The van der Waals surface area contributed by atoms with Crippen molar-refractivity contribution in [3.8, 4) is 0 Å². The number of nitrogens with zero attached hydrogens (tertiary/aromatic N) is 2. The minimum Gasteiger partial charge on any atom is -0.452 e. The normalized spacial score (nSPS) is 14.4. The van der Waals surface area contributed by atoms with E-state index in [2.05, 4.69) is 5.32 Å². The fourth-order valence-electron chi connectivity index (χ4n) is 3.70. The van der Waals surface area contributed by atoms with E-state index in [1.807, 2.05) is 0 Å². The van der Waals surface area contributed by atoms with E-state index in [1.54, 1.807) is 20.8 Å². The summed E-state index contributed by atoms with van der Waals surface area (Å²) in [6.45, 7) is 5.29. The SMILES string of the molecule is Cc1cc(NC(=O)COC(=O)c2ccc(C)c(S(=O)(=O)N3CCCCC3)c2)c([N+](=O)[O-])cc1C. The fourth-order valence-corrected chi connectivity index (χ4v) is 5.47. The molecule has 0 bridgehead atoms. The van der Waals surface area contributed by atoms with Crippen molar-refractivity contribution < 1.29 is 27.7 Å². The Bertz CT molecular complexity index is 1240. The van der Waals surface area contributed by atoms with Crippen LogP contribution in [0.4, 0.5) is 11.4 Å². The molecule has 1 fully saturated rings. The van der Waals surface area contributed by atoms with Gasteiger partial charge >= 0.3 is 5.97 Å². The molecule has 1 heterocycles. The van der Waals surface area contributed by atoms with Gasteiger partial charge in [0.05, 0.1) is 15.4 Å². The number of nitrogens with one attached hydrogen (secondary N) is 1. The summed E-state index contributed by atoms with van der Waals surface area (Å²) in [5, 5.41) is 13.7. The first-order chi connectivity index (χ1) is 16.0. The van der Waals surface area contributed by atoms with Gasteiger partial charge in [-0.05, 0) is 68.5 Å². The topological polar surface area (TPSA) is 136 Å². The number of piperidine rings is 1. The minimum absolute atomic E-state index is 0.000559. The van der Waals surface area contributed by atoms with Crippen LogP contribution in [-0.4, -0.2) is 49.2 Å². The number of nitro benzene ring substituents is 1. The van der Waals surface area contributed by atoms with Crippen LogP contribution in [0, 0.1) is 30.9 Å². The number of anilines is 1. The summed E-state index contributed by atoms with van der Waals surface area (Å²) in [5.41, 5.74) is 1.67. The average molecular weight is 490 g/mol. The van der Waals surface area contributed by atoms with Crippen molar-refractivity contribution >= 4 is 33.3 Å². The molecule has 1 aliphatic rings. The van der Waals surface area contributed by atoms with Crippen molar-refractivity contribution in [2.75, 3.05) is 25.0 Å². The van der Waals surface area contributed by atoms with Crippen molar-refractivity contribution in [1.29, 1.82) is 0 Å². The predicted octanol–water partition coefficient (Wildman–Crippen LogP) is 3.49. The number of aryl methyl sites for hydroxylation is 3. The standard InChI is InChI=1S/C23H27N3O7S/c1-15-7-8-18(13-21(15)34(31,32)25-9-5-4-6-10-25)23(28)33-14-22(27)24-19-11-16(2)17(3)12-20(19)26(29)30/h7-8,11-13H,4-6,9-10,14H2,1-3H3,(H,24,27). The Morgan fingerprint density at radius 3 is 2.32 bits per heavy atom. The summed E-state index contributed by atoms with van der Waals surface area (Å²) in [6.07, 6.45) is 2.55. The Morgan fingerprint density at radius 2 is 1.68 bits per heavy atom. The first-order valence-electron chi connectivity index (χ1n) is 10.8. The van der Waals surface area contributed by atoms with Gasteiger partial charge in [0.15, 0.2) is 6.61 Å². The Kier molecular flexibility index (Phi) is 7.68. The van der Waals surface area contributed by atoms with E-state index in [9.17, 15) is 28.1 Å². The largest absolute Gasteiger partial charge is 0.452 e. The van der Waals surface area contributed by atoms with E-state index in [4.69, 9.17) is 4.74 Å². The number of benzene rings is 2. The number of hydrogen-bond acceptors (Lipinski definition) is 7. The number of carbonyl (C=O) groups excluding carboxylic acids is 2. The van der Waals surface area contributed by atoms with Crippen molar-refractivity contribution in [1.82, 2.24) is 4.31 Å². The Labute approximate surface area is 198 Å². The van der Waals surface area contributed by atoms with Gasteiger partial charge in [-0.1, -0.05) is 12.5 Å². The zero-order chi connectivity index (χ0) is 25.0. The lowest BCUT2D eigenvalue weighted by Crippen LogP contribution is -2.36. The highest BCUT2D eigenvalue weighted by Crippen LogP contribution is 2.28. The maximum Gasteiger partial charge on any atom is 0.338 e. The van der Waals surface area contributed by atoms with Gasteiger partial charge in [0.2, 0.25) is 10.0 Å². The van der Waals surface area contributed by atoms with Crippen LogP contribution >= 0.6 is 0 Å². The predicted molar refractivity (Wildman–Crippen MR) is 125 cm³/mol. The van der Waals surface area contributed by atoms with Crippen LogP contribution in [0.3, 0.4) is 0 Å². The van der Waals surface area contributed by atoms with Crippen LogP contribution in [0.2, 0.25) is 0 Å². The van der Waals surface area contributed by atoms with E-state index < -0.39 is 33.4 Å². The van der Waals surface area contributed by atoms with Gasteiger partial charge in [-0.25, -0.2) is 13.2 Å². The van der Waals surface area contributed by atoms with Crippen LogP contribution < -0.4 is 5.32 Å². The minimum atomic E-state index is -3.76. The molecule has 3 rings (SSSR count). The van der Waals surface area contributed by atoms with E-state index in [1.165, 1.54) is 34.6 Å². The number of nitro groups is 1. The molecular formula is C23H27N3O7S. The third-order valence-electron chi connectivity index (χ3n) is 5.77. The van der Waals surface area contributed by atoms with E-state index in [0.717, 1.165) is 24.8 Å². The summed E-state index contributed by atoms with van der Waals surface area (Å²) < 4.78 is 32.5. The Morgan fingerprint density at radius 1 is 1.03 bits per heavy atom. The maximum atomic E-state index is 13.0. The highest BCUT2D eigenvalue weighted by Gasteiger charge is 2.28. The first-order valence-corrected chi connectivity index (χ1v) is 12.3. The quantitative estimate of drug-likeness (QED) is 0.357. The summed E-state index contributed by atoms with van der Waals surface area (Å²) in [6, 6.07) is 7.04. The number of amides is 1. The maximum absolute atomic E-state index is 13.0. The molecule has 0 aromatic heterocycles. The lowest BCUT2D eigenvalue weighted by atomic mass is 10.1. The molecule has 1 aliphatic heterocycles. The second kappa shape index (κ2) is 10.3. The van der Waals surface area contributed by atoms with Crippen molar-refractivity contribution in [2.45, 2.75) is 44.9 Å². The fraction of sp³-hybridized carbons (Fsp3) is 0.391. The van der Waals surface area contributed by atoms with Crippen molar-refractivity contribution in [3.05, 3.63) is 62.7 Å². The lowest BCUT2D eigenvalue weighted by molar-refractivity contribution is -0.384. The number of carbonyl (C=O) groups is 2. The van der Waals surface area contributed by atoms with Crippen LogP contribution in [-0.2, 0) is 19.6 Å². The molecule has 0 aliphatic carbocycles. The number of hydrogen-bond donors (Lipinski definition) is 1. The highest BCUT2D eigenvalue weighted by atomic mass is 32.2. The van der Waals surface area contributed by atoms with Gasteiger partial charge in [0, 0.05) is 19.2 Å². The first kappa shape index (κ1) is 25.3. The lowest BCUT2D eigenvalue weighted by Gasteiger charge is -2.26. The third kappa shape index (κ3) is 5.60. The van der Waals surface area contributed by atoms with Crippen LogP contribution in [0.25, 0.3) is 0 Å². The van der Waals surface area contributed by atoms with E-state index in [0.29, 0.717) is 24.2 Å². The molecule has 34 heavy (non-hydrogen) atoms. The molecule has 11 heteroatoms. The van der Waals surface area contributed by atoms with Gasteiger partial charge < -0.3 is 10.1 Å². The van der Waals surface area contributed by atoms with Gasteiger partial charge in [-0.15, -0.1) is 0 Å². The molecule has 0 unspecified atom stereocenters.